The second-order valence-corrected chi connectivity index (χ2v) is 9.46. The molecule has 0 fully saturated rings. The number of rotatable bonds is 8. The van der Waals surface area contributed by atoms with Gasteiger partial charge in [-0.2, -0.15) is 0 Å². The second kappa shape index (κ2) is 9.97. The number of carbonyl (C=O) groups is 1. The molecule has 0 atom stereocenters. The third kappa shape index (κ3) is 5.98. The average Bonchev–Trinajstić information content (AvgIpc) is 2.74. The predicted molar refractivity (Wildman–Crippen MR) is 118 cm³/mol. The van der Waals surface area contributed by atoms with Crippen molar-refractivity contribution in [1.29, 1.82) is 0 Å². The minimum absolute atomic E-state index is 0.131. The highest BCUT2D eigenvalue weighted by Gasteiger charge is 2.18. The molecule has 9 heteroatoms. The van der Waals surface area contributed by atoms with Crippen molar-refractivity contribution in [3.63, 3.8) is 0 Å². The third-order valence-electron chi connectivity index (χ3n) is 3.99. The Morgan fingerprint density at radius 1 is 1.00 bits per heavy atom. The lowest BCUT2D eigenvalue weighted by Gasteiger charge is -2.10. The maximum absolute atomic E-state index is 13.8. The van der Waals surface area contributed by atoms with Gasteiger partial charge in [0.2, 0.25) is 0 Å². The van der Waals surface area contributed by atoms with E-state index >= 15 is 0 Å². The summed E-state index contributed by atoms with van der Waals surface area (Å²) in [7, 11) is -4.04. The van der Waals surface area contributed by atoms with Gasteiger partial charge >= 0.3 is 0 Å². The molecule has 30 heavy (non-hydrogen) atoms. The minimum atomic E-state index is -4.04. The zero-order valence-corrected chi connectivity index (χ0v) is 18.0. The van der Waals surface area contributed by atoms with E-state index < -0.39 is 21.7 Å². The van der Waals surface area contributed by atoms with Crippen LogP contribution in [0.5, 0.6) is 0 Å². The molecule has 0 aliphatic heterocycles. The Morgan fingerprint density at radius 3 is 2.47 bits per heavy atom. The molecule has 0 spiro atoms. The Labute approximate surface area is 183 Å². The van der Waals surface area contributed by atoms with Gasteiger partial charge in [0, 0.05) is 27.8 Å². The number of amides is 1. The molecular formula is C21H18ClFN2O3S2. The molecule has 5 nitrogen and oxygen atoms in total. The van der Waals surface area contributed by atoms with Gasteiger partial charge in [0.1, 0.15) is 5.82 Å². The Kier molecular flexibility index (Phi) is 7.36. The molecule has 0 bridgehead atoms. The lowest BCUT2D eigenvalue weighted by atomic mass is 10.2. The maximum Gasteiger partial charge on any atom is 0.262 e. The van der Waals surface area contributed by atoms with Gasteiger partial charge in [-0.25, -0.2) is 12.8 Å². The van der Waals surface area contributed by atoms with Crippen LogP contribution in [0.3, 0.4) is 0 Å². The van der Waals surface area contributed by atoms with Crippen molar-refractivity contribution < 1.29 is 17.6 Å². The van der Waals surface area contributed by atoms with Crippen LogP contribution in [0, 0.1) is 5.82 Å². The van der Waals surface area contributed by atoms with Gasteiger partial charge < -0.3 is 5.32 Å². The summed E-state index contributed by atoms with van der Waals surface area (Å²) in [5.41, 5.74) is 0.0366. The molecule has 0 unspecified atom stereocenters. The number of halogens is 2. The highest BCUT2D eigenvalue weighted by molar-refractivity contribution is 7.99. The Hall–Kier alpha value is -2.55. The third-order valence-corrected chi connectivity index (χ3v) is 6.62. The smallest absolute Gasteiger partial charge is 0.262 e. The molecule has 2 N–H and O–H groups in total. The summed E-state index contributed by atoms with van der Waals surface area (Å²) in [6, 6.07) is 18.4. The summed E-state index contributed by atoms with van der Waals surface area (Å²) >= 11 is 7.41. The molecule has 1 amide bonds. The van der Waals surface area contributed by atoms with E-state index in [0.29, 0.717) is 17.3 Å². The van der Waals surface area contributed by atoms with Crippen LogP contribution in [0.2, 0.25) is 5.02 Å². The van der Waals surface area contributed by atoms with Crippen LogP contribution in [0.15, 0.2) is 82.6 Å². The largest absolute Gasteiger partial charge is 0.351 e. The lowest BCUT2D eigenvalue weighted by molar-refractivity contribution is 0.0956. The van der Waals surface area contributed by atoms with E-state index in [2.05, 4.69) is 10.0 Å². The van der Waals surface area contributed by atoms with Crippen LogP contribution < -0.4 is 10.0 Å². The molecule has 3 rings (SSSR count). The molecule has 0 radical (unpaired) electrons. The summed E-state index contributed by atoms with van der Waals surface area (Å²) < 4.78 is 41.1. The first-order chi connectivity index (χ1) is 14.3. The number of nitrogens with one attached hydrogen (secondary N) is 2. The zero-order valence-electron chi connectivity index (χ0n) is 15.6. The van der Waals surface area contributed by atoms with E-state index in [1.54, 1.807) is 23.9 Å². The molecule has 0 aliphatic rings. The molecule has 156 valence electrons. The van der Waals surface area contributed by atoms with Crippen molar-refractivity contribution in [2.75, 3.05) is 17.0 Å². The van der Waals surface area contributed by atoms with Crippen LogP contribution in [0.25, 0.3) is 0 Å². The Balaban J connectivity index is 1.60. The predicted octanol–water partition coefficient (Wildman–Crippen LogP) is 4.80. The molecule has 3 aromatic carbocycles. The first-order valence-electron chi connectivity index (χ1n) is 8.89. The molecule has 0 saturated carbocycles. The van der Waals surface area contributed by atoms with E-state index in [9.17, 15) is 17.6 Å². The fourth-order valence-corrected chi connectivity index (χ4v) is 4.53. The average molecular weight is 465 g/mol. The standard InChI is InChI=1S/C21H18ClFN2O3S2/c22-16-8-10-17(11-9-16)29-13-12-24-21(26)15-4-3-5-18(14-15)30(27,28)25-20-7-2-1-6-19(20)23/h1-11,14,25H,12-13H2,(H,24,26). The number of thioether (sulfide) groups is 1. The van der Waals surface area contributed by atoms with Crippen molar-refractivity contribution in [3.8, 4) is 0 Å². The number of anilines is 1. The molecule has 0 aliphatic carbocycles. The van der Waals surface area contributed by atoms with Crippen LogP contribution >= 0.6 is 23.4 Å². The summed E-state index contributed by atoms with van der Waals surface area (Å²) in [4.78, 5) is 13.3. The summed E-state index contributed by atoms with van der Waals surface area (Å²) in [5, 5.41) is 3.42. The van der Waals surface area contributed by atoms with Crippen LogP contribution in [0.1, 0.15) is 10.4 Å². The SMILES string of the molecule is O=C(NCCSc1ccc(Cl)cc1)c1cccc(S(=O)(=O)Nc2ccccc2F)c1. The molecule has 0 aromatic heterocycles. The van der Waals surface area contributed by atoms with E-state index in [0.717, 1.165) is 11.0 Å². The number of sulfonamides is 1. The Bertz CT molecular complexity index is 1140. The second-order valence-electron chi connectivity index (χ2n) is 6.17. The van der Waals surface area contributed by atoms with Gasteiger partial charge in [-0.3, -0.25) is 9.52 Å². The van der Waals surface area contributed by atoms with Crippen molar-refractivity contribution in [1.82, 2.24) is 5.32 Å². The van der Waals surface area contributed by atoms with Gasteiger partial charge in [0.15, 0.2) is 0 Å². The number of para-hydroxylation sites is 1. The van der Waals surface area contributed by atoms with E-state index in [4.69, 9.17) is 11.6 Å². The summed E-state index contributed by atoms with van der Waals surface area (Å²) in [5.74, 6) is -0.442. The number of benzene rings is 3. The lowest BCUT2D eigenvalue weighted by Crippen LogP contribution is -2.26. The van der Waals surface area contributed by atoms with Crippen LogP contribution in [-0.2, 0) is 10.0 Å². The topological polar surface area (TPSA) is 75.3 Å². The van der Waals surface area contributed by atoms with Gasteiger partial charge in [-0.05, 0) is 54.6 Å². The fourth-order valence-electron chi connectivity index (χ4n) is 2.52. The zero-order chi connectivity index (χ0) is 21.6. The quantitative estimate of drug-likeness (QED) is 0.371. The molecular weight excluding hydrogens is 447 g/mol. The van der Waals surface area contributed by atoms with E-state index in [1.807, 2.05) is 12.1 Å². The van der Waals surface area contributed by atoms with Crippen LogP contribution in [-0.4, -0.2) is 26.6 Å². The van der Waals surface area contributed by atoms with Crippen molar-refractivity contribution >= 4 is 45.0 Å². The van der Waals surface area contributed by atoms with Crippen molar-refractivity contribution in [2.24, 2.45) is 0 Å². The monoisotopic (exact) mass is 464 g/mol. The first kappa shape index (κ1) is 22.1. The summed E-state index contributed by atoms with van der Waals surface area (Å²) in [6.07, 6.45) is 0. The molecule has 0 heterocycles. The van der Waals surface area contributed by atoms with Gasteiger partial charge in [0.05, 0.1) is 10.6 Å². The summed E-state index contributed by atoms with van der Waals surface area (Å²) in [6.45, 7) is 0.399. The maximum atomic E-state index is 13.8. The van der Waals surface area contributed by atoms with E-state index in [-0.39, 0.29) is 16.1 Å². The van der Waals surface area contributed by atoms with Gasteiger partial charge in [-0.1, -0.05) is 29.8 Å². The molecule has 3 aromatic rings. The Morgan fingerprint density at radius 2 is 1.73 bits per heavy atom. The van der Waals surface area contributed by atoms with Crippen LogP contribution in [0.4, 0.5) is 10.1 Å². The number of carbonyl (C=O) groups excluding carboxylic acids is 1. The van der Waals surface area contributed by atoms with Crippen molar-refractivity contribution in [2.45, 2.75) is 9.79 Å². The normalized spacial score (nSPS) is 11.1. The highest BCUT2D eigenvalue weighted by atomic mass is 35.5. The van der Waals surface area contributed by atoms with Gasteiger partial charge in [0.25, 0.3) is 15.9 Å². The number of hydrogen-bond donors (Lipinski definition) is 2. The van der Waals surface area contributed by atoms with E-state index in [1.165, 1.54) is 42.5 Å². The number of hydrogen-bond acceptors (Lipinski definition) is 4. The highest BCUT2D eigenvalue weighted by Crippen LogP contribution is 2.21. The molecule has 0 saturated heterocycles. The van der Waals surface area contributed by atoms with Gasteiger partial charge in [-0.15, -0.1) is 11.8 Å². The first-order valence-corrected chi connectivity index (χ1v) is 11.7. The fraction of sp³-hybridized carbons (Fsp3) is 0.0952. The minimum Gasteiger partial charge on any atom is -0.351 e. The van der Waals surface area contributed by atoms with Crippen molar-refractivity contribution in [3.05, 3.63) is 89.2 Å².